The fourth-order valence-electron chi connectivity index (χ4n) is 1.49. The molecule has 2 N–H and O–H groups in total. The van der Waals surface area contributed by atoms with Gasteiger partial charge in [0.25, 0.3) is 5.91 Å². The zero-order chi connectivity index (χ0) is 13.9. The van der Waals surface area contributed by atoms with Crippen molar-refractivity contribution < 1.29 is 14.7 Å². The monoisotopic (exact) mass is 361 g/mol. The van der Waals surface area contributed by atoms with Crippen molar-refractivity contribution in [1.29, 1.82) is 0 Å². The molecular formula is C13H16INO3. The third-order valence-electron chi connectivity index (χ3n) is 2.48. The summed E-state index contributed by atoms with van der Waals surface area (Å²) in [6.45, 7) is 5.34. The number of carboxylic acids is 1. The van der Waals surface area contributed by atoms with E-state index in [1.54, 1.807) is 39.0 Å². The Morgan fingerprint density at radius 1 is 1.33 bits per heavy atom. The molecule has 0 aliphatic heterocycles. The van der Waals surface area contributed by atoms with Gasteiger partial charge in [-0.25, -0.2) is 4.79 Å². The molecule has 0 saturated heterocycles. The summed E-state index contributed by atoms with van der Waals surface area (Å²) in [6, 6.07) is 6.11. The quantitative estimate of drug-likeness (QED) is 0.814. The van der Waals surface area contributed by atoms with Gasteiger partial charge in [-0.3, -0.25) is 4.79 Å². The van der Waals surface area contributed by atoms with E-state index in [1.165, 1.54) is 0 Å². The van der Waals surface area contributed by atoms with E-state index in [2.05, 4.69) is 27.9 Å². The summed E-state index contributed by atoms with van der Waals surface area (Å²) in [7, 11) is 0. The van der Waals surface area contributed by atoms with E-state index >= 15 is 0 Å². The standard InChI is InChI=1S/C13H16INO3/c1-13(2,3)10(12(17)18)15-11(16)8-5-4-6-9(14)7-8/h4-7,10H,1-3H3,(H,15,16)(H,17,18)/t10-/m0/s1. The average Bonchev–Trinajstić information content (AvgIpc) is 2.23. The minimum absolute atomic E-state index is 0.365. The van der Waals surface area contributed by atoms with Gasteiger partial charge in [0.2, 0.25) is 0 Å². The summed E-state index contributed by atoms with van der Waals surface area (Å²) >= 11 is 2.11. The maximum Gasteiger partial charge on any atom is 0.326 e. The third-order valence-corrected chi connectivity index (χ3v) is 3.15. The van der Waals surface area contributed by atoms with Crippen LogP contribution in [0.2, 0.25) is 0 Å². The molecule has 0 bridgehead atoms. The van der Waals surface area contributed by atoms with E-state index in [9.17, 15) is 9.59 Å². The number of carbonyl (C=O) groups excluding carboxylic acids is 1. The summed E-state index contributed by atoms with van der Waals surface area (Å²) in [6.07, 6.45) is 0. The maximum atomic E-state index is 12.0. The van der Waals surface area contributed by atoms with E-state index in [4.69, 9.17) is 5.11 Å². The molecule has 1 amide bonds. The molecule has 0 spiro atoms. The molecule has 0 aliphatic rings. The zero-order valence-electron chi connectivity index (χ0n) is 10.5. The Bertz CT molecular complexity index is 466. The molecule has 1 rings (SSSR count). The number of hydrogen-bond donors (Lipinski definition) is 2. The van der Waals surface area contributed by atoms with Crippen molar-refractivity contribution in [2.24, 2.45) is 5.41 Å². The fraction of sp³-hybridized carbons (Fsp3) is 0.385. The second-order valence-corrected chi connectivity index (χ2v) is 6.37. The van der Waals surface area contributed by atoms with Gasteiger partial charge in [-0.05, 0) is 46.2 Å². The normalized spacial score (nSPS) is 12.9. The SMILES string of the molecule is CC(C)(C)[C@@H](NC(=O)c1cccc(I)c1)C(=O)O. The summed E-state index contributed by atoms with van der Waals surface area (Å²) in [5.41, 5.74) is -0.0685. The molecule has 0 aliphatic carbocycles. The molecular weight excluding hydrogens is 345 g/mol. The molecule has 0 heterocycles. The first kappa shape index (κ1) is 14.9. The highest BCUT2D eigenvalue weighted by Crippen LogP contribution is 2.20. The summed E-state index contributed by atoms with van der Waals surface area (Å²) < 4.78 is 0.933. The first-order valence-electron chi connectivity index (χ1n) is 5.51. The lowest BCUT2D eigenvalue weighted by molar-refractivity contribution is -0.142. The van der Waals surface area contributed by atoms with Gasteiger partial charge in [0.05, 0.1) is 0 Å². The fourth-order valence-corrected chi connectivity index (χ4v) is 2.04. The van der Waals surface area contributed by atoms with Crippen LogP contribution in [0.1, 0.15) is 31.1 Å². The molecule has 0 unspecified atom stereocenters. The Hall–Kier alpha value is -1.11. The Morgan fingerprint density at radius 2 is 1.94 bits per heavy atom. The largest absolute Gasteiger partial charge is 0.480 e. The average molecular weight is 361 g/mol. The van der Waals surface area contributed by atoms with Crippen LogP contribution in [-0.4, -0.2) is 23.0 Å². The Morgan fingerprint density at radius 3 is 2.39 bits per heavy atom. The Kier molecular flexibility index (Phi) is 4.72. The number of carbonyl (C=O) groups is 2. The lowest BCUT2D eigenvalue weighted by Gasteiger charge is -2.27. The van der Waals surface area contributed by atoms with Crippen molar-refractivity contribution in [2.45, 2.75) is 26.8 Å². The first-order chi connectivity index (χ1) is 8.21. The second kappa shape index (κ2) is 5.69. The van der Waals surface area contributed by atoms with E-state index in [-0.39, 0.29) is 5.91 Å². The van der Waals surface area contributed by atoms with Gasteiger partial charge in [0.1, 0.15) is 6.04 Å². The third kappa shape index (κ3) is 3.97. The van der Waals surface area contributed by atoms with Gasteiger partial charge < -0.3 is 10.4 Å². The molecule has 1 aromatic rings. The molecule has 0 fully saturated rings. The molecule has 1 atom stereocenters. The predicted molar refractivity (Wildman–Crippen MR) is 77.5 cm³/mol. The number of nitrogens with one attached hydrogen (secondary N) is 1. The minimum Gasteiger partial charge on any atom is -0.480 e. The minimum atomic E-state index is -1.03. The molecule has 98 valence electrons. The number of benzene rings is 1. The lowest BCUT2D eigenvalue weighted by Crippen LogP contribution is -2.49. The van der Waals surface area contributed by atoms with Crippen molar-refractivity contribution in [2.75, 3.05) is 0 Å². The van der Waals surface area contributed by atoms with Crippen molar-refractivity contribution in [1.82, 2.24) is 5.32 Å². The van der Waals surface area contributed by atoms with Gasteiger partial charge in [-0.15, -0.1) is 0 Å². The highest BCUT2D eigenvalue weighted by molar-refractivity contribution is 14.1. The predicted octanol–water partition coefficient (Wildman–Crippen LogP) is 2.52. The number of amides is 1. The van der Waals surface area contributed by atoms with Gasteiger partial charge in [-0.1, -0.05) is 26.8 Å². The molecule has 0 radical (unpaired) electrons. The smallest absolute Gasteiger partial charge is 0.326 e. The zero-order valence-corrected chi connectivity index (χ0v) is 12.7. The molecule has 0 saturated carbocycles. The number of halogens is 1. The summed E-state index contributed by atoms with van der Waals surface area (Å²) in [5.74, 6) is -1.39. The summed E-state index contributed by atoms with van der Waals surface area (Å²) in [5, 5.41) is 11.7. The highest BCUT2D eigenvalue weighted by Gasteiger charge is 2.32. The van der Waals surface area contributed by atoms with Crippen molar-refractivity contribution in [3.63, 3.8) is 0 Å². The lowest BCUT2D eigenvalue weighted by atomic mass is 9.86. The van der Waals surface area contributed by atoms with Crippen LogP contribution in [0, 0.1) is 8.99 Å². The maximum absolute atomic E-state index is 12.0. The summed E-state index contributed by atoms with van der Waals surface area (Å²) in [4.78, 5) is 23.1. The molecule has 1 aromatic carbocycles. The van der Waals surface area contributed by atoms with Crippen LogP contribution in [0.3, 0.4) is 0 Å². The second-order valence-electron chi connectivity index (χ2n) is 5.12. The van der Waals surface area contributed by atoms with E-state index in [0.717, 1.165) is 3.57 Å². The molecule has 5 heteroatoms. The van der Waals surface area contributed by atoms with E-state index in [0.29, 0.717) is 5.56 Å². The van der Waals surface area contributed by atoms with Crippen LogP contribution in [0.4, 0.5) is 0 Å². The van der Waals surface area contributed by atoms with Crippen molar-refractivity contribution in [3.8, 4) is 0 Å². The topological polar surface area (TPSA) is 66.4 Å². The van der Waals surface area contributed by atoms with Crippen molar-refractivity contribution in [3.05, 3.63) is 33.4 Å². The van der Waals surface area contributed by atoms with Gasteiger partial charge >= 0.3 is 5.97 Å². The molecule has 18 heavy (non-hydrogen) atoms. The van der Waals surface area contributed by atoms with Crippen LogP contribution in [0.25, 0.3) is 0 Å². The van der Waals surface area contributed by atoms with Gasteiger partial charge in [0.15, 0.2) is 0 Å². The van der Waals surface area contributed by atoms with Crippen LogP contribution in [0.5, 0.6) is 0 Å². The Labute approximate surface area is 120 Å². The number of carboxylic acid groups (broad SMARTS) is 1. The highest BCUT2D eigenvalue weighted by atomic mass is 127. The van der Waals surface area contributed by atoms with Gasteiger partial charge in [-0.2, -0.15) is 0 Å². The molecule has 4 nitrogen and oxygen atoms in total. The van der Waals surface area contributed by atoms with E-state index in [1.807, 2.05) is 6.07 Å². The van der Waals surface area contributed by atoms with Crippen LogP contribution in [-0.2, 0) is 4.79 Å². The van der Waals surface area contributed by atoms with Gasteiger partial charge in [0, 0.05) is 9.13 Å². The number of aliphatic carboxylic acids is 1. The number of rotatable bonds is 3. The van der Waals surface area contributed by atoms with Crippen LogP contribution >= 0.6 is 22.6 Å². The number of hydrogen-bond acceptors (Lipinski definition) is 2. The molecule has 0 aromatic heterocycles. The van der Waals surface area contributed by atoms with Crippen LogP contribution in [0.15, 0.2) is 24.3 Å². The first-order valence-corrected chi connectivity index (χ1v) is 6.59. The van der Waals surface area contributed by atoms with Crippen LogP contribution < -0.4 is 5.32 Å². The Balaban J connectivity index is 2.89. The van der Waals surface area contributed by atoms with E-state index < -0.39 is 17.4 Å². The van der Waals surface area contributed by atoms with Crippen molar-refractivity contribution >= 4 is 34.5 Å².